The van der Waals surface area contributed by atoms with Gasteiger partial charge in [-0.1, -0.05) is 43.5 Å². The maximum atomic E-state index is 15.1. The molecule has 1 aromatic heterocycles. The standard InChI is InChI=1S/C27H24F2N2O3S/c28-19-9-8-16-18(22(19)29)14-35-21-7-3-2-6-17(21)23(16)31-15-27(11-4-1-5-12-27)26(34)24-25(33)20(32)10-13-30(24)31/h2-3,6-10,13,23,33H,1,4-5,11-12,14-15H2. The van der Waals surface area contributed by atoms with Crippen LogP contribution < -0.4 is 10.4 Å². The smallest absolute Gasteiger partial charge is 0.224 e. The van der Waals surface area contributed by atoms with Crippen molar-refractivity contribution >= 4 is 17.5 Å². The highest BCUT2D eigenvalue weighted by Gasteiger charge is 2.49. The normalized spacial score (nSPS) is 20.7. The monoisotopic (exact) mass is 494 g/mol. The van der Waals surface area contributed by atoms with Crippen molar-refractivity contribution in [1.29, 1.82) is 0 Å². The van der Waals surface area contributed by atoms with Crippen LogP contribution in [0.1, 0.15) is 65.3 Å². The van der Waals surface area contributed by atoms with E-state index in [0.29, 0.717) is 24.9 Å². The molecular formula is C27H24F2N2O3S. The van der Waals surface area contributed by atoms with Crippen LogP contribution in [0.25, 0.3) is 0 Å². The summed E-state index contributed by atoms with van der Waals surface area (Å²) in [5.41, 5.74) is 0.429. The van der Waals surface area contributed by atoms with Crippen LogP contribution in [-0.4, -0.2) is 22.1 Å². The molecule has 0 radical (unpaired) electrons. The van der Waals surface area contributed by atoms with Crippen LogP contribution in [0.2, 0.25) is 0 Å². The molecule has 3 heterocycles. The van der Waals surface area contributed by atoms with Gasteiger partial charge in [-0.3, -0.25) is 19.3 Å². The number of aromatic hydroxyl groups is 1. The molecule has 2 aliphatic heterocycles. The Balaban J connectivity index is 1.64. The molecule has 8 heteroatoms. The number of nitrogens with zero attached hydrogens (tertiary/aromatic N) is 2. The number of thioether (sulfide) groups is 1. The molecule has 0 saturated heterocycles. The summed E-state index contributed by atoms with van der Waals surface area (Å²) in [6, 6.07) is 11.2. The molecule has 1 aliphatic carbocycles. The molecule has 1 fully saturated rings. The van der Waals surface area contributed by atoms with Crippen molar-refractivity contribution in [2.24, 2.45) is 5.41 Å². The second-order valence-electron chi connectivity index (χ2n) is 9.65. The third-order valence-electron chi connectivity index (χ3n) is 7.71. The number of Topliss-reactive ketones (excluding diaryl/α,β-unsaturated/α-hetero) is 1. The Labute approximate surface area is 205 Å². The van der Waals surface area contributed by atoms with Gasteiger partial charge in [0, 0.05) is 35.0 Å². The Morgan fingerprint density at radius 1 is 0.971 bits per heavy atom. The summed E-state index contributed by atoms with van der Waals surface area (Å²) in [6.07, 6.45) is 5.59. The fourth-order valence-corrected chi connectivity index (χ4v) is 7.08. The van der Waals surface area contributed by atoms with Crippen molar-refractivity contribution in [3.05, 3.63) is 92.9 Å². The summed E-state index contributed by atoms with van der Waals surface area (Å²) in [5.74, 6) is -2.27. The molecule has 1 unspecified atom stereocenters. The summed E-state index contributed by atoms with van der Waals surface area (Å²) < 4.78 is 31.0. The van der Waals surface area contributed by atoms with Gasteiger partial charge in [0.2, 0.25) is 5.43 Å². The molecular weight excluding hydrogens is 470 g/mol. The zero-order valence-corrected chi connectivity index (χ0v) is 19.8. The van der Waals surface area contributed by atoms with Crippen LogP contribution >= 0.6 is 11.8 Å². The Morgan fingerprint density at radius 2 is 1.74 bits per heavy atom. The van der Waals surface area contributed by atoms with Gasteiger partial charge >= 0.3 is 0 Å². The number of hydrogen-bond acceptors (Lipinski definition) is 5. The number of carbonyl (C=O) groups excluding carboxylic acids is 1. The number of hydrogen-bond donors (Lipinski definition) is 1. The van der Waals surface area contributed by atoms with E-state index in [1.807, 2.05) is 29.3 Å². The maximum Gasteiger partial charge on any atom is 0.224 e. The van der Waals surface area contributed by atoms with Crippen molar-refractivity contribution in [2.45, 2.75) is 48.8 Å². The zero-order chi connectivity index (χ0) is 24.3. The highest BCUT2D eigenvalue weighted by Crippen LogP contribution is 2.48. The minimum Gasteiger partial charge on any atom is -0.503 e. The summed E-state index contributed by atoms with van der Waals surface area (Å²) in [4.78, 5) is 27.1. The van der Waals surface area contributed by atoms with E-state index in [-0.39, 0.29) is 22.8 Å². The molecule has 1 spiro atoms. The molecule has 1 atom stereocenters. The van der Waals surface area contributed by atoms with Crippen molar-refractivity contribution in [3.63, 3.8) is 0 Å². The van der Waals surface area contributed by atoms with Crippen LogP contribution in [-0.2, 0) is 5.75 Å². The fourth-order valence-electron chi connectivity index (χ4n) is 5.97. The van der Waals surface area contributed by atoms with Crippen LogP contribution in [0.15, 0.2) is 58.4 Å². The molecule has 3 aromatic rings. The molecule has 1 N–H and O–H groups in total. The lowest BCUT2D eigenvalue weighted by Crippen LogP contribution is -2.56. The number of carbonyl (C=O) groups is 1. The number of fused-ring (bicyclic) bond motifs is 3. The second-order valence-corrected chi connectivity index (χ2v) is 10.7. The van der Waals surface area contributed by atoms with Gasteiger partial charge < -0.3 is 5.11 Å². The lowest BCUT2D eigenvalue weighted by Gasteiger charge is -2.49. The van der Waals surface area contributed by atoms with E-state index >= 15 is 4.39 Å². The molecule has 1 saturated carbocycles. The largest absolute Gasteiger partial charge is 0.503 e. The minimum absolute atomic E-state index is 0.0239. The third kappa shape index (κ3) is 3.33. The minimum atomic E-state index is -0.895. The number of benzene rings is 2. The first-order valence-corrected chi connectivity index (χ1v) is 12.8. The molecule has 35 heavy (non-hydrogen) atoms. The number of halogens is 2. The molecule has 2 aromatic carbocycles. The topological polar surface area (TPSA) is 62.5 Å². The third-order valence-corrected chi connectivity index (χ3v) is 8.83. The lowest BCUT2D eigenvalue weighted by molar-refractivity contribution is 0.0646. The highest BCUT2D eigenvalue weighted by atomic mass is 32.2. The number of ketones is 1. The van der Waals surface area contributed by atoms with Crippen molar-refractivity contribution in [3.8, 4) is 5.75 Å². The average Bonchev–Trinajstić information content (AvgIpc) is 3.03. The van der Waals surface area contributed by atoms with Gasteiger partial charge in [0.05, 0.1) is 11.5 Å². The predicted molar refractivity (Wildman–Crippen MR) is 130 cm³/mol. The van der Waals surface area contributed by atoms with Gasteiger partial charge in [-0.15, -0.1) is 11.8 Å². The van der Waals surface area contributed by atoms with Gasteiger partial charge in [-0.25, -0.2) is 8.78 Å². The van der Waals surface area contributed by atoms with E-state index < -0.39 is 34.3 Å². The van der Waals surface area contributed by atoms with Crippen LogP contribution in [0, 0.1) is 17.0 Å². The quantitative estimate of drug-likeness (QED) is 0.497. The first-order valence-electron chi connectivity index (χ1n) is 11.9. The maximum absolute atomic E-state index is 15.1. The van der Waals surface area contributed by atoms with Crippen molar-refractivity contribution in [2.75, 3.05) is 11.6 Å². The van der Waals surface area contributed by atoms with Gasteiger partial charge in [-0.05, 0) is 36.1 Å². The van der Waals surface area contributed by atoms with Gasteiger partial charge in [0.25, 0.3) is 0 Å². The summed E-state index contributed by atoms with van der Waals surface area (Å²) in [5, 5.41) is 12.7. The number of rotatable bonds is 1. The Hall–Kier alpha value is -3.13. The lowest BCUT2D eigenvalue weighted by atomic mass is 9.68. The van der Waals surface area contributed by atoms with Gasteiger partial charge in [0.1, 0.15) is 0 Å². The molecule has 0 amide bonds. The fraction of sp³-hybridized carbons (Fsp3) is 0.333. The zero-order valence-electron chi connectivity index (χ0n) is 19.0. The van der Waals surface area contributed by atoms with Crippen LogP contribution in [0.5, 0.6) is 5.75 Å². The second kappa shape index (κ2) is 8.22. The van der Waals surface area contributed by atoms with E-state index in [2.05, 4.69) is 0 Å². The molecule has 5 nitrogen and oxygen atoms in total. The molecule has 3 aliphatic rings. The van der Waals surface area contributed by atoms with Crippen molar-refractivity contribution < 1.29 is 18.7 Å². The van der Waals surface area contributed by atoms with Crippen LogP contribution in [0.3, 0.4) is 0 Å². The van der Waals surface area contributed by atoms with Gasteiger partial charge in [-0.2, -0.15) is 0 Å². The number of pyridine rings is 1. The first-order chi connectivity index (χ1) is 16.9. The van der Waals surface area contributed by atoms with E-state index in [0.717, 1.165) is 35.8 Å². The molecule has 6 rings (SSSR count). The highest BCUT2D eigenvalue weighted by molar-refractivity contribution is 7.98. The van der Waals surface area contributed by atoms with Crippen molar-refractivity contribution in [1.82, 2.24) is 4.68 Å². The summed E-state index contributed by atoms with van der Waals surface area (Å²) >= 11 is 1.45. The summed E-state index contributed by atoms with van der Waals surface area (Å²) in [6.45, 7) is 0.350. The van der Waals surface area contributed by atoms with E-state index in [4.69, 9.17) is 0 Å². The first kappa shape index (κ1) is 22.3. The Kier molecular flexibility index (Phi) is 5.25. The average molecular weight is 495 g/mol. The molecule has 0 bridgehead atoms. The SMILES string of the molecule is O=C1c2c(O)c(=O)ccn2N(C2c3ccccc3SCc3c2ccc(F)c3F)CC12CCCCC2. The van der Waals surface area contributed by atoms with E-state index in [9.17, 15) is 19.1 Å². The number of aromatic nitrogens is 1. The van der Waals surface area contributed by atoms with E-state index in [1.165, 1.54) is 24.0 Å². The Bertz CT molecular complexity index is 1410. The molecule has 180 valence electrons. The van der Waals surface area contributed by atoms with E-state index in [1.54, 1.807) is 10.7 Å². The Morgan fingerprint density at radius 3 is 2.54 bits per heavy atom. The van der Waals surface area contributed by atoms with Gasteiger partial charge in [0.15, 0.2) is 28.9 Å². The van der Waals surface area contributed by atoms with Crippen LogP contribution in [0.4, 0.5) is 8.78 Å². The predicted octanol–water partition coefficient (Wildman–Crippen LogP) is 5.31. The summed E-state index contributed by atoms with van der Waals surface area (Å²) in [7, 11) is 0.